The lowest BCUT2D eigenvalue weighted by molar-refractivity contribution is -0.113. The van der Waals surface area contributed by atoms with Crippen LogP contribution < -0.4 is 5.32 Å². The minimum Gasteiger partial charge on any atom is -0.493 e. The van der Waals surface area contributed by atoms with Gasteiger partial charge in [0.25, 0.3) is 5.91 Å². The quantitative estimate of drug-likeness (QED) is 0.598. The lowest BCUT2D eigenvalue weighted by Gasteiger charge is -2.28. The molecule has 2 aromatic heterocycles. The fourth-order valence-electron chi connectivity index (χ4n) is 3.99. The Labute approximate surface area is 173 Å². The summed E-state index contributed by atoms with van der Waals surface area (Å²) >= 11 is 0. The first-order valence-electron chi connectivity index (χ1n) is 10.1. The summed E-state index contributed by atoms with van der Waals surface area (Å²) in [5, 5.41) is 10.1. The van der Waals surface area contributed by atoms with Crippen LogP contribution in [0.5, 0.6) is 0 Å². The second-order valence-corrected chi connectivity index (χ2v) is 7.60. The predicted octanol–water partition coefficient (Wildman–Crippen LogP) is 2.29. The SMILES string of the molecule is CC1=C(C(=O)Nc2c[nH]nc2-c2nc3ccccc3[nH]2)CC(CN2CCOCC2)O1. The Morgan fingerprint density at radius 2 is 2.13 bits per heavy atom. The summed E-state index contributed by atoms with van der Waals surface area (Å²) in [4.78, 5) is 23.1. The second-order valence-electron chi connectivity index (χ2n) is 7.60. The zero-order chi connectivity index (χ0) is 20.5. The number of carbonyl (C=O) groups is 1. The standard InChI is InChI=1S/C21H24N6O3/c1-13-15(10-14(30-13)12-27-6-8-29-9-7-27)21(28)25-18-11-22-26-19(18)20-23-16-4-2-3-5-17(16)24-20/h2-5,11,14H,6-10,12H2,1H3,(H,22,26)(H,23,24)(H,25,28). The first-order valence-corrected chi connectivity index (χ1v) is 10.1. The highest BCUT2D eigenvalue weighted by Crippen LogP contribution is 2.29. The van der Waals surface area contributed by atoms with Crippen molar-refractivity contribution in [2.75, 3.05) is 38.2 Å². The van der Waals surface area contributed by atoms with Gasteiger partial charge in [0, 0.05) is 32.3 Å². The molecule has 9 nitrogen and oxygen atoms in total. The number of imidazole rings is 1. The lowest BCUT2D eigenvalue weighted by Crippen LogP contribution is -2.41. The van der Waals surface area contributed by atoms with Gasteiger partial charge in [-0.05, 0) is 19.1 Å². The zero-order valence-corrected chi connectivity index (χ0v) is 16.8. The number of para-hydroxylation sites is 2. The number of nitrogens with one attached hydrogen (secondary N) is 3. The van der Waals surface area contributed by atoms with Gasteiger partial charge in [-0.25, -0.2) is 4.98 Å². The van der Waals surface area contributed by atoms with E-state index in [0.717, 1.165) is 43.9 Å². The van der Waals surface area contributed by atoms with E-state index in [1.54, 1.807) is 6.20 Å². The van der Waals surface area contributed by atoms with Gasteiger partial charge in [-0.15, -0.1) is 0 Å². The van der Waals surface area contributed by atoms with Gasteiger partial charge in [0.05, 0.1) is 35.5 Å². The van der Waals surface area contributed by atoms with E-state index < -0.39 is 0 Å². The van der Waals surface area contributed by atoms with E-state index >= 15 is 0 Å². The number of rotatable bonds is 5. The summed E-state index contributed by atoms with van der Waals surface area (Å²) in [5.41, 5.74) is 3.59. The van der Waals surface area contributed by atoms with Crippen molar-refractivity contribution < 1.29 is 14.3 Å². The Morgan fingerprint density at radius 1 is 1.30 bits per heavy atom. The topological polar surface area (TPSA) is 108 Å². The van der Waals surface area contributed by atoms with E-state index in [0.29, 0.717) is 35.0 Å². The van der Waals surface area contributed by atoms with Crippen molar-refractivity contribution >= 4 is 22.6 Å². The number of hydrogen-bond donors (Lipinski definition) is 3. The maximum atomic E-state index is 13.0. The van der Waals surface area contributed by atoms with Crippen molar-refractivity contribution in [3.05, 3.63) is 41.8 Å². The highest BCUT2D eigenvalue weighted by molar-refractivity contribution is 6.05. The van der Waals surface area contributed by atoms with Crippen molar-refractivity contribution in [2.45, 2.75) is 19.4 Å². The van der Waals surface area contributed by atoms with Gasteiger partial charge in [0.1, 0.15) is 11.9 Å². The number of fused-ring (bicyclic) bond motifs is 1. The Balaban J connectivity index is 1.28. The summed E-state index contributed by atoms with van der Waals surface area (Å²) < 4.78 is 11.4. The Kier molecular flexibility index (Phi) is 4.97. The van der Waals surface area contributed by atoms with Crippen molar-refractivity contribution in [3.63, 3.8) is 0 Å². The van der Waals surface area contributed by atoms with Crippen LogP contribution >= 0.6 is 0 Å². The fraction of sp³-hybridized carbons (Fsp3) is 0.381. The molecule has 1 aromatic carbocycles. The number of H-pyrrole nitrogens is 2. The minimum atomic E-state index is -0.171. The number of morpholine rings is 1. The Morgan fingerprint density at radius 3 is 2.97 bits per heavy atom. The average Bonchev–Trinajstić information content (AvgIpc) is 3.46. The molecule has 0 saturated carbocycles. The molecule has 1 amide bonds. The first kappa shape index (κ1) is 18.8. The highest BCUT2D eigenvalue weighted by atomic mass is 16.5. The van der Waals surface area contributed by atoms with Crippen LogP contribution in [0.3, 0.4) is 0 Å². The molecule has 5 rings (SSSR count). The van der Waals surface area contributed by atoms with Gasteiger partial charge in [-0.2, -0.15) is 5.10 Å². The number of benzene rings is 1. The van der Waals surface area contributed by atoms with E-state index in [9.17, 15) is 4.79 Å². The number of carbonyl (C=O) groups excluding carboxylic acids is 1. The minimum absolute atomic E-state index is 0.0111. The molecular formula is C21H24N6O3. The molecule has 2 aliphatic heterocycles. The molecule has 4 heterocycles. The molecule has 1 fully saturated rings. The largest absolute Gasteiger partial charge is 0.493 e. The number of ether oxygens (including phenoxy) is 2. The van der Waals surface area contributed by atoms with Gasteiger partial charge in [-0.3, -0.25) is 14.8 Å². The number of anilines is 1. The van der Waals surface area contributed by atoms with Gasteiger partial charge < -0.3 is 19.8 Å². The van der Waals surface area contributed by atoms with Crippen LogP contribution in [-0.2, 0) is 14.3 Å². The third kappa shape index (κ3) is 3.69. The van der Waals surface area contributed by atoms with Crippen LogP contribution in [0.2, 0.25) is 0 Å². The van der Waals surface area contributed by atoms with Gasteiger partial charge >= 0.3 is 0 Å². The summed E-state index contributed by atoms with van der Waals surface area (Å²) in [7, 11) is 0. The molecule has 0 aliphatic carbocycles. The predicted molar refractivity (Wildman–Crippen MR) is 112 cm³/mol. The maximum absolute atomic E-state index is 13.0. The molecular weight excluding hydrogens is 384 g/mol. The van der Waals surface area contributed by atoms with Gasteiger partial charge in [-0.1, -0.05) is 12.1 Å². The highest BCUT2D eigenvalue weighted by Gasteiger charge is 2.30. The number of allylic oxidation sites excluding steroid dienone is 1. The molecule has 9 heteroatoms. The number of amides is 1. The van der Waals surface area contributed by atoms with Crippen LogP contribution in [0, 0.1) is 0 Å². The molecule has 156 valence electrons. The Hall–Kier alpha value is -3.17. The van der Waals surface area contributed by atoms with Crippen LogP contribution in [0.25, 0.3) is 22.6 Å². The summed E-state index contributed by atoms with van der Waals surface area (Å²) in [5.74, 6) is 1.11. The molecule has 0 radical (unpaired) electrons. The van der Waals surface area contributed by atoms with E-state index in [1.165, 1.54) is 0 Å². The monoisotopic (exact) mass is 408 g/mol. The van der Waals surface area contributed by atoms with Crippen molar-refractivity contribution in [1.82, 2.24) is 25.1 Å². The number of aromatic amines is 2. The molecule has 3 N–H and O–H groups in total. The molecule has 0 bridgehead atoms. The van der Waals surface area contributed by atoms with Crippen LogP contribution in [0.15, 0.2) is 41.8 Å². The van der Waals surface area contributed by atoms with E-state index in [4.69, 9.17) is 9.47 Å². The zero-order valence-electron chi connectivity index (χ0n) is 16.8. The maximum Gasteiger partial charge on any atom is 0.255 e. The summed E-state index contributed by atoms with van der Waals surface area (Å²) in [6, 6.07) is 7.76. The third-order valence-electron chi connectivity index (χ3n) is 5.54. The molecule has 1 atom stereocenters. The van der Waals surface area contributed by atoms with E-state index in [2.05, 4.69) is 30.4 Å². The van der Waals surface area contributed by atoms with Crippen LogP contribution in [0.4, 0.5) is 5.69 Å². The molecule has 2 aliphatic rings. The lowest BCUT2D eigenvalue weighted by atomic mass is 10.1. The van der Waals surface area contributed by atoms with E-state index in [1.807, 2.05) is 31.2 Å². The number of hydrogen-bond acceptors (Lipinski definition) is 6. The van der Waals surface area contributed by atoms with E-state index in [-0.39, 0.29) is 12.0 Å². The van der Waals surface area contributed by atoms with Gasteiger partial charge in [0.2, 0.25) is 0 Å². The molecule has 3 aromatic rings. The summed E-state index contributed by atoms with van der Waals surface area (Å²) in [6.07, 6.45) is 2.24. The molecule has 1 unspecified atom stereocenters. The normalized spacial score (nSPS) is 20.0. The fourth-order valence-corrected chi connectivity index (χ4v) is 3.99. The molecule has 1 saturated heterocycles. The molecule has 0 spiro atoms. The van der Waals surface area contributed by atoms with Crippen LogP contribution in [0.1, 0.15) is 13.3 Å². The number of aromatic nitrogens is 4. The van der Waals surface area contributed by atoms with Crippen molar-refractivity contribution in [2.24, 2.45) is 0 Å². The smallest absolute Gasteiger partial charge is 0.255 e. The van der Waals surface area contributed by atoms with Gasteiger partial charge in [0.15, 0.2) is 11.5 Å². The summed E-state index contributed by atoms with van der Waals surface area (Å²) in [6.45, 7) is 5.94. The number of nitrogens with zero attached hydrogens (tertiary/aromatic N) is 3. The van der Waals surface area contributed by atoms with Crippen molar-refractivity contribution in [3.8, 4) is 11.5 Å². The van der Waals surface area contributed by atoms with Crippen LogP contribution in [-0.4, -0.2) is 69.9 Å². The third-order valence-corrected chi connectivity index (χ3v) is 5.54. The average molecular weight is 408 g/mol. The van der Waals surface area contributed by atoms with Crippen molar-refractivity contribution in [1.29, 1.82) is 0 Å². The Bertz CT molecular complexity index is 1060. The first-order chi connectivity index (χ1) is 14.7. The molecule has 30 heavy (non-hydrogen) atoms. The second kappa shape index (κ2) is 7.92.